The van der Waals surface area contributed by atoms with Gasteiger partial charge >= 0.3 is 0 Å². The van der Waals surface area contributed by atoms with Gasteiger partial charge in [0.25, 0.3) is 0 Å². The molecule has 1 fully saturated rings. The number of amides is 1. The predicted octanol–water partition coefficient (Wildman–Crippen LogP) is 3.41. The van der Waals surface area contributed by atoms with E-state index in [1.807, 2.05) is 11.8 Å². The van der Waals surface area contributed by atoms with Crippen molar-refractivity contribution in [2.24, 2.45) is 5.92 Å². The summed E-state index contributed by atoms with van der Waals surface area (Å²) in [5, 5.41) is 2.73. The molecule has 4 heteroatoms. The number of thioether (sulfide) groups is 1. The van der Waals surface area contributed by atoms with Gasteiger partial charge in [0.05, 0.1) is 0 Å². The molecule has 1 unspecified atom stereocenters. The third-order valence-corrected chi connectivity index (χ3v) is 5.62. The summed E-state index contributed by atoms with van der Waals surface area (Å²) in [6, 6.07) is 11.3. The third kappa shape index (κ3) is 5.65. The second-order valence-electron chi connectivity index (χ2n) is 6.16. The average Bonchev–Trinajstić information content (AvgIpc) is 2.56. The first-order valence-corrected chi connectivity index (χ1v) is 9.30. The van der Waals surface area contributed by atoms with Crippen LogP contribution in [0.25, 0.3) is 0 Å². The minimum absolute atomic E-state index is 0.186. The number of nitrogens with zero attached hydrogens (tertiary/aromatic N) is 1. The van der Waals surface area contributed by atoms with Gasteiger partial charge in [0, 0.05) is 24.4 Å². The summed E-state index contributed by atoms with van der Waals surface area (Å²) < 4.78 is 0. The molecule has 122 valence electrons. The van der Waals surface area contributed by atoms with E-state index < -0.39 is 0 Å². The van der Waals surface area contributed by atoms with Gasteiger partial charge in [0.15, 0.2) is 0 Å². The predicted molar refractivity (Wildman–Crippen MR) is 94.2 cm³/mol. The van der Waals surface area contributed by atoms with Crippen molar-refractivity contribution < 1.29 is 4.79 Å². The summed E-state index contributed by atoms with van der Waals surface area (Å²) in [5.74, 6) is 1.93. The minimum atomic E-state index is 0.186. The smallest absolute Gasteiger partial charge is 0.220 e. The highest BCUT2D eigenvalue weighted by Gasteiger charge is 2.23. The highest BCUT2D eigenvalue weighted by Crippen LogP contribution is 2.24. The average molecular weight is 321 g/mol. The number of carbonyl (C=O) groups excluding carboxylic acids is 1. The van der Waals surface area contributed by atoms with Crippen LogP contribution in [0.1, 0.15) is 32.6 Å². The standard InChI is InChI=1S/C18H28N2OS/c1-15(10-13-22-17-6-4-3-5-7-17)20-11-8-16(9-12-20)14-18(21)19-2/h3-7,15-16H,8-14H2,1-2H3,(H,19,21). The first-order chi connectivity index (χ1) is 10.7. The van der Waals surface area contributed by atoms with E-state index in [0.29, 0.717) is 18.4 Å². The molecule has 22 heavy (non-hydrogen) atoms. The molecule has 1 heterocycles. The van der Waals surface area contributed by atoms with Crippen LogP contribution < -0.4 is 5.32 Å². The fourth-order valence-corrected chi connectivity index (χ4v) is 4.05. The Bertz CT molecular complexity index is 444. The summed E-state index contributed by atoms with van der Waals surface area (Å²) in [5.41, 5.74) is 0. The van der Waals surface area contributed by atoms with Crippen molar-refractivity contribution in [2.45, 2.75) is 43.5 Å². The first kappa shape index (κ1) is 17.4. The Morgan fingerprint density at radius 2 is 2.00 bits per heavy atom. The topological polar surface area (TPSA) is 32.3 Å². The number of piperidine rings is 1. The van der Waals surface area contributed by atoms with Gasteiger partial charge in [0.2, 0.25) is 5.91 Å². The molecular weight excluding hydrogens is 292 g/mol. The fourth-order valence-electron chi connectivity index (χ4n) is 3.01. The number of likely N-dealkylation sites (tertiary alicyclic amines) is 1. The monoisotopic (exact) mass is 320 g/mol. The zero-order valence-corrected chi connectivity index (χ0v) is 14.6. The maximum Gasteiger partial charge on any atom is 0.220 e. The van der Waals surface area contributed by atoms with Gasteiger partial charge in [-0.3, -0.25) is 4.79 Å². The quantitative estimate of drug-likeness (QED) is 0.782. The molecule has 3 nitrogen and oxygen atoms in total. The number of hydrogen-bond acceptors (Lipinski definition) is 3. The van der Waals surface area contributed by atoms with Crippen LogP contribution in [-0.4, -0.2) is 42.7 Å². The van der Waals surface area contributed by atoms with E-state index >= 15 is 0 Å². The molecule has 1 aromatic carbocycles. The summed E-state index contributed by atoms with van der Waals surface area (Å²) in [4.78, 5) is 15.4. The van der Waals surface area contributed by atoms with Crippen molar-refractivity contribution >= 4 is 17.7 Å². The van der Waals surface area contributed by atoms with E-state index in [4.69, 9.17) is 0 Å². The van der Waals surface area contributed by atoms with Crippen LogP contribution in [0.3, 0.4) is 0 Å². The molecule has 1 atom stereocenters. The highest BCUT2D eigenvalue weighted by atomic mass is 32.2. The van der Waals surface area contributed by atoms with Crippen LogP contribution in [0.4, 0.5) is 0 Å². The van der Waals surface area contributed by atoms with Crippen LogP contribution in [0.5, 0.6) is 0 Å². The molecule has 0 aromatic heterocycles. The van der Waals surface area contributed by atoms with Crippen molar-refractivity contribution in [2.75, 3.05) is 25.9 Å². The second kappa shape index (κ2) is 9.21. The van der Waals surface area contributed by atoms with Crippen LogP contribution in [0.2, 0.25) is 0 Å². The highest BCUT2D eigenvalue weighted by molar-refractivity contribution is 7.99. The lowest BCUT2D eigenvalue weighted by atomic mass is 9.92. The molecule has 1 saturated heterocycles. The maximum atomic E-state index is 11.4. The Kier molecular flexibility index (Phi) is 7.26. The lowest BCUT2D eigenvalue weighted by molar-refractivity contribution is -0.121. The zero-order chi connectivity index (χ0) is 15.8. The van der Waals surface area contributed by atoms with E-state index in [0.717, 1.165) is 25.9 Å². The molecule has 0 radical (unpaired) electrons. The first-order valence-electron chi connectivity index (χ1n) is 8.31. The minimum Gasteiger partial charge on any atom is -0.359 e. The number of rotatable bonds is 7. The molecular formula is C18H28N2OS. The van der Waals surface area contributed by atoms with Crippen molar-refractivity contribution in [3.8, 4) is 0 Å². The van der Waals surface area contributed by atoms with E-state index in [-0.39, 0.29) is 5.91 Å². The van der Waals surface area contributed by atoms with Gasteiger partial charge in [-0.2, -0.15) is 0 Å². The van der Waals surface area contributed by atoms with Crippen LogP contribution in [0.15, 0.2) is 35.2 Å². The van der Waals surface area contributed by atoms with Gasteiger partial charge in [-0.25, -0.2) is 0 Å². The number of carbonyl (C=O) groups is 1. The molecule has 1 aliphatic rings. The Hall–Kier alpha value is -1.00. The van der Waals surface area contributed by atoms with E-state index in [1.54, 1.807) is 7.05 Å². The lowest BCUT2D eigenvalue weighted by Crippen LogP contribution is -2.41. The lowest BCUT2D eigenvalue weighted by Gasteiger charge is -2.36. The summed E-state index contributed by atoms with van der Waals surface area (Å²) in [6.45, 7) is 4.61. The molecule has 2 rings (SSSR count). The summed E-state index contributed by atoms with van der Waals surface area (Å²) in [7, 11) is 1.73. The second-order valence-corrected chi connectivity index (χ2v) is 7.32. The number of nitrogens with one attached hydrogen (secondary N) is 1. The van der Waals surface area contributed by atoms with Crippen molar-refractivity contribution in [3.05, 3.63) is 30.3 Å². The molecule has 1 N–H and O–H groups in total. The van der Waals surface area contributed by atoms with Crippen molar-refractivity contribution in [1.82, 2.24) is 10.2 Å². The van der Waals surface area contributed by atoms with E-state index in [1.165, 1.54) is 17.1 Å². The molecule has 1 amide bonds. The molecule has 1 aromatic rings. The molecule has 0 saturated carbocycles. The Morgan fingerprint density at radius 1 is 1.32 bits per heavy atom. The third-order valence-electron chi connectivity index (χ3n) is 4.57. The SMILES string of the molecule is CNC(=O)CC1CCN(C(C)CCSc2ccccc2)CC1. The van der Waals surface area contributed by atoms with Gasteiger partial charge in [0.1, 0.15) is 0 Å². The van der Waals surface area contributed by atoms with Crippen LogP contribution in [0, 0.1) is 5.92 Å². The Labute approximate surface area is 138 Å². The van der Waals surface area contributed by atoms with Crippen molar-refractivity contribution in [1.29, 1.82) is 0 Å². The van der Waals surface area contributed by atoms with Crippen LogP contribution in [-0.2, 0) is 4.79 Å². The zero-order valence-electron chi connectivity index (χ0n) is 13.8. The largest absolute Gasteiger partial charge is 0.359 e. The maximum absolute atomic E-state index is 11.4. The molecule has 0 aliphatic carbocycles. The number of benzene rings is 1. The van der Waals surface area contributed by atoms with Crippen molar-refractivity contribution in [3.63, 3.8) is 0 Å². The van der Waals surface area contributed by atoms with E-state index in [9.17, 15) is 4.79 Å². The normalized spacial score (nSPS) is 18.1. The molecule has 1 aliphatic heterocycles. The Morgan fingerprint density at radius 3 is 2.64 bits per heavy atom. The van der Waals surface area contributed by atoms with Gasteiger partial charge < -0.3 is 10.2 Å². The van der Waals surface area contributed by atoms with Gasteiger partial charge in [-0.15, -0.1) is 11.8 Å². The van der Waals surface area contributed by atoms with Gasteiger partial charge in [-0.1, -0.05) is 18.2 Å². The van der Waals surface area contributed by atoms with E-state index in [2.05, 4.69) is 47.5 Å². The summed E-state index contributed by atoms with van der Waals surface area (Å²) >= 11 is 1.95. The molecule has 0 bridgehead atoms. The van der Waals surface area contributed by atoms with Crippen LogP contribution >= 0.6 is 11.8 Å². The fraction of sp³-hybridized carbons (Fsp3) is 0.611. The molecule has 0 spiro atoms. The Balaban J connectivity index is 1.64. The summed E-state index contributed by atoms with van der Waals surface area (Å²) in [6.07, 6.45) is 4.23. The number of hydrogen-bond donors (Lipinski definition) is 1. The van der Waals surface area contributed by atoms with Gasteiger partial charge in [-0.05, 0) is 63.1 Å².